The first-order valence-corrected chi connectivity index (χ1v) is 10.6. The van der Waals surface area contributed by atoms with E-state index in [2.05, 4.69) is 29.3 Å². The fourth-order valence-electron chi connectivity index (χ4n) is 2.93. The van der Waals surface area contributed by atoms with Gasteiger partial charge in [-0.1, -0.05) is 12.1 Å². The Morgan fingerprint density at radius 2 is 2.00 bits per heavy atom. The topological polar surface area (TPSA) is 120 Å². The second kappa shape index (κ2) is 9.12. The van der Waals surface area contributed by atoms with Gasteiger partial charge in [-0.15, -0.1) is 10.2 Å². The number of fused-ring (bicyclic) bond motifs is 1. The third-order valence-corrected chi connectivity index (χ3v) is 4.83. The van der Waals surface area contributed by atoms with E-state index in [1.54, 1.807) is 0 Å². The van der Waals surface area contributed by atoms with Gasteiger partial charge in [-0.2, -0.15) is 8.42 Å². The second-order valence-corrected chi connectivity index (χ2v) is 7.52. The minimum Gasteiger partial charge on any atom is -0.372 e. The van der Waals surface area contributed by atoms with Crippen LogP contribution < -0.4 is 4.90 Å². The van der Waals surface area contributed by atoms with Gasteiger partial charge in [-0.05, 0) is 56.2 Å². The van der Waals surface area contributed by atoms with Crippen LogP contribution in [0.4, 0.5) is 17.3 Å². The Balaban J connectivity index is 1.66. The fourth-order valence-corrected chi connectivity index (χ4v) is 3.25. The van der Waals surface area contributed by atoms with Crippen molar-refractivity contribution in [1.82, 2.24) is 9.97 Å². The van der Waals surface area contributed by atoms with Crippen LogP contribution in [0.2, 0.25) is 0 Å². The van der Waals surface area contributed by atoms with Crippen LogP contribution in [0.25, 0.3) is 11.0 Å². The predicted octanol–water partition coefficient (Wildman–Crippen LogP) is 4.32. The number of benzene rings is 2. The average molecular weight is 417 g/mol. The molecule has 0 saturated heterocycles. The molecule has 3 rings (SSSR count). The van der Waals surface area contributed by atoms with Crippen molar-refractivity contribution in [3.63, 3.8) is 0 Å². The van der Waals surface area contributed by atoms with Gasteiger partial charge in [0.2, 0.25) is 5.95 Å². The summed E-state index contributed by atoms with van der Waals surface area (Å²) in [6.45, 7) is 5.22. The number of H-pyrrole nitrogens is 1. The zero-order chi connectivity index (χ0) is 20.9. The van der Waals surface area contributed by atoms with E-state index in [0.717, 1.165) is 34.5 Å². The fraction of sp³-hybridized carbons (Fsp3) is 0.316. The summed E-state index contributed by atoms with van der Waals surface area (Å²) in [7, 11) is -4.39. The molecule has 154 valence electrons. The zero-order valence-corrected chi connectivity index (χ0v) is 17.1. The first kappa shape index (κ1) is 20.9. The lowest BCUT2D eigenvalue weighted by atomic mass is 10.1. The van der Waals surface area contributed by atoms with Crippen LogP contribution in [0, 0.1) is 6.92 Å². The van der Waals surface area contributed by atoms with Crippen LogP contribution in [0.15, 0.2) is 52.7 Å². The summed E-state index contributed by atoms with van der Waals surface area (Å²) in [6.07, 6.45) is 0.459. The number of anilines is 1. The number of aromatic nitrogens is 2. The first-order valence-electron chi connectivity index (χ1n) is 9.19. The molecule has 2 N–H and O–H groups in total. The number of aryl methyl sites for hydroxylation is 1. The molecule has 0 radical (unpaired) electrons. The Hall–Kier alpha value is -2.82. The van der Waals surface area contributed by atoms with Gasteiger partial charge < -0.3 is 9.88 Å². The number of nitrogens with zero attached hydrogens (tertiary/aromatic N) is 4. The lowest BCUT2D eigenvalue weighted by Crippen LogP contribution is -2.25. The van der Waals surface area contributed by atoms with Crippen molar-refractivity contribution >= 4 is 38.8 Å². The van der Waals surface area contributed by atoms with E-state index in [-0.39, 0.29) is 6.61 Å². The van der Waals surface area contributed by atoms with Gasteiger partial charge in [-0.3, -0.25) is 4.55 Å². The third-order valence-electron chi connectivity index (χ3n) is 4.36. The quantitative estimate of drug-likeness (QED) is 0.304. The van der Waals surface area contributed by atoms with Gasteiger partial charge >= 0.3 is 10.4 Å². The third kappa shape index (κ3) is 5.83. The normalized spacial score (nSPS) is 12.1. The SMILES string of the molecule is CCN(CCCOS(=O)(=O)O)c1ccc(/N=N/c2nc3ccccc3[nH]2)c(C)c1. The highest BCUT2D eigenvalue weighted by molar-refractivity contribution is 7.80. The molecule has 1 heterocycles. The van der Waals surface area contributed by atoms with E-state index in [1.165, 1.54) is 0 Å². The minimum atomic E-state index is -4.39. The van der Waals surface area contributed by atoms with Crippen LogP contribution in [0.5, 0.6) is 0 Å². The highest BCUT2D eigenvalue weighted by atomic mass is 32.3. The van der Waals surface area contributed by atoms with Crippen molar-refractivity contribution < 1.29 is 17.2 Å². The Kier molecular flexibility index (Phi) is 6.57. The lowest BCUT2D eigenvalue weighted by molar-refractivity contribution is 0.266. The standard InChI is InChI=1S/C19H23N5O4S/c1-3-24(11-6-12-28-29(25,26)27)15-9-10-16(14(2)13-15)22-23-19-20-17-7-4-5-8-18(17)21-19/h4-5,7-10,13H,3,6,11-12H2,1-2H3,(H,20,21)(H,25,26,27)/b23-22+. The van der Waals surface area contributed by atoms with Gasteiger partial charge in [0.1, 0.15) is 0 Å². The molecular weight excluding hydrogens is 394 g/mol. The summed E-state index contributed by atoms with van der Waals surface area (Å²) in [5.74, 6) is 0.448. The Labute approximate surface area is 169 Å². The molecule has 29 heavy (non-hydrogen) atoms. The van der Waals surface area contributed by atoms with E-state index < -0.39 is 10.4 Å². The van der Waals surface area contributed by atoms with Gasteiger partial charge in [0, 0.05) is 18.8 Å². The van der Waals surface area contributed by atoms with Crippen LogP contribution in [0.3, 0.4) is 0 Å². The number of nitrogens with one attached hydrogen (secondary N) is 1. The smallest absolute Gasteiger partial charge is 0.372 e. The van der Waals surface area contributed by atoms with Crippen molar-refractivity contribution in [3.05, 3.63) is 48.0 Å². The zero-order valence-electron chi connectivity index (χ0n) is 16.2. The number of hydrogen-bond acceptors (Lipinski definition) is 7. The Morgan fingerprint density at radius 3 is 2.69 bits per heavy atom. The van der Waals surface area contributed by atoms with Crippen LogP contribution in [-0.2, 0) is 14.6 Å². The number of aromatic amines is 1. The molecule has 2 aromatic carbocycles. The maximum absolute atomic E-state index is 10.6. The Bertz CT molecular complexity index is 1080. The van der Waals surface area contributed by atoms with E-state index in [1.807, 2.05) is 56.3 Å². The second-order valence-electron chi connectivity index (χ2n) is 6.43. The molecule has 0 aliphatic heterocycles. The maximum atomic E-state index is 10.6. The molecule has 0 bridgehead atoms. The largest absolute Gasteiger partial charge is 0.397 e. The molecular formula is C19H23N5O4S. The molecule has 0 unspecified atom stereocenters. The summed E-state index contributed by atoms with van der Waals surface area (Å²) < 4.78 is 34.2. The van der Waals surface area contributed by atoms with Crippen molar-refractivity contribution in [1.29, 1.82) is 0 Å². The van der Waals surface area contributed by atoms with E-state index in [4.69, 9.17) is 4.55 Å². The van der Waals surface area contributed by atoms with Crippen molar-refractivity contribution in [2.24, 2.45) is 10.2 Å². The van der Waals surface area contributed by atoms with Crippen LogP contribution in [-0.4, -0.2) is 42.6 Å². The molecule has 0 aliphatic carbocycles. The highest BCUT2D eigenvalue weighted by Crippen LogP contribution is 2.27. The number of rotatable bonds is 9. The average Bonchev–Trinajstić information content (AvgIpc) is 3.09. The maximum Gasteiger partial charge on any atom is 0.397 e. The van der Waals surface area contributed by atoms with Gasteiger partial charge in [0.05, 0.1) is 23.3 Å². The number of para-hydroxylation sites is 2. The van der Waals surface area contributed by atoms with Crippen LogP contribution >= 0.6 is 0 Å². The molecule has 3 aromatic rings. The molecule has 1 aromatic heterocycles. The minimum absolute atomic E-state index is 0.0713. The van der Waals surface area contributed by atoms with E-state index >= 15 is 0 Å². The van der Waals surface area contributed by atoms with Crippen molar-refractivity contribution in [3.8, 4) is 0 Å². The summed E-state index contributed by atoms with van der Waals surface area (Å²) >= 11 is 0. The Morgan fingerprint density at radius 1 is 1.21 bits per heavy atom. The molecule has 10 heteroatoms. The summed E-state index contributed by atoms with van der Waals surface area (Å²) in [5.41, 5.74) is 4.42. The van der Waals surface area contributed by atoms with Crippen LogP contribution in [0.1, 0.15) is 18.9 Å². The molecule has 0 aliphatic rings. The van der Waals surface area contributed by atoms with Gasteiger partial charge in [0.25, 0.3) is 0 Å². The molecule has 0 amide bonds. The summed E-state index contributed by atoms with van der Waals surface area (Å²) in [4.78, 5) is 9.57. The van der Waals surface area contributed by atoms with Crippen molar-refractivity contribution in [2.75, 3.05) is 24.6 Å². The highest BCUT2D eigenvalue weighted by Gasteiger charge is 2.09. The summed E-state index contributed by atoms with van der Waals surface area (Å²) in [6, 6.07) is 13.5. The van der Waals surface area contributed by atoms with Crippen molar-refractivity contribution in [2.45, 2.75) is 20.3 Å². The van der Waals surface area contributed by atoms with Gasteiger partial charge in [-0.25, -0.2) is 9.17 Å². The van der Waals surface area contributed by atoms with E-state index in [9.17, 15) is 8.42 Å². The van der Waals surface area contributed by atoms with E-state index in [0.29, 0.717) is 18.9 Å². The van der Waals surface area contributed by atoms with Gasteiger partial charge in [0.15, 0.2) is 0 Å². The number of hydrogen-bond donors (Lipinski definition) is 2. The lowest BCUT2D eigenvalue weighted by Gasteiger charge is -2.23. The first-order chi connectivity index (χ1) is 13.9. The monoisotopic (exact) mass is 417 g/mol. The summed E-state index contributed by atoms with van der Waals surface area (Å²) in [5, 5.41) is 8.50. The number of imidazole rings is 1. The number of azo groups is 1. The molecule has 0 atom stereocenters. The molecule has 0 saturated carbocycles. The molecule has 9 nitrogen and oxygen atoms in total. The molecule has 0 spiro atoms. The molecule has 0 fully saturated rings. The predicted molar refractivity (Wildman–Crippen MR) is 111 cm³/mol.